The number of aromatic amines is 1. The maximum Gasteiger partial charge on any atom is 0.248 e. The summed E-state index contributed by atoms with van der Waals surface area (Å²) in [7, 11) is 1.70. The zero-order valence-electron chi connectivity index (χ0n) is 17.0. The van der Waals surface area contributed by atoms with Crippen LogP contribution in [0.1, 0.15) is 41.3 Å². The summed E-state index contributed by atoms with van der Waals surface area (Å²) >= 11 is 0. The van der Waals surface area contributed by atoms with Crippen LogP contribution in [-0.2, 0) is 11.2 Å². The molecular weight excluding hydrogens is 387 g/mol. The van der Waals surface area contributed by atoms with Gasteiger partial charge in [-0.1, -0.05) is 6.92 Å². The summed E-state index contributed by atoms with van der Waals surface area (Å²) in [6, 6.07) is 2.72. The Labute approximate surface area is 172 Å². The molecule has 2 heterocycles. The molecule has 0 spiro atoms. The molecule has 1 aliphatic rings. The van der Waals surface area contributed by atoms with E-state index >= 15 is 4.39 Å². The van der Waals surface area contributed by atoms with Gasteiger partial charge in [0.25, 0.3) is 0 Å². The number of carbonyl (C=O) groups excluding carboxylic acids is 2. The number of nitrogens with zero attached hydrogens (tertiary/aromatic N) is 3. The summed E-state index contributed by atoms with van der Waals surface area (Å²) in [4.78, 5) is 37.5. The number of rotatable bonds is 6. The van der Waals surface area contributed by atoms with Crippen LogP contribution in [0.2, 0.25) is 0 Å². The van der Waals surface area contributed by atoms with Gasteiger partial charge in [-0.15, -0.1) is 0 Å². The van der Waals surface area contributed by atoms with Crippen LogP contribution in [-0.4, -0.2) is 33.8 Å². The van der Waals surface area contributed by atoms with Crippen LogP contribution in [0.5, 0.6) is 0 Å². The number of hydrogen-bond donors (Lipinski definition) is 3. The maximum atomic E-state index is 15.0. The van der Waals surface area contributed by atoms with E-state index in [1.807, 2.05) is 13.8 Å². The third-order valence-corrected chi connectivity index (χ3v) is 5.44. The van der Waals surface area contributed by atoms with Crippen LogP contribution in [0.25, 0.3) is 11.0 Å². The summed E-state index contributed by atoms with van der Waals surface area (Å²) in [6.07, 6.45) is 3.77. The Hall–Kier alpha value is -3.49. The van der Waals surface area contributed by atoms with E-state index in [-0.39, 0.29) is 17.4 Å². The average Bonchev–Trinajstić information content (AvgIpc) is 3.45. The highest BCUT2D eigenvalue weighted by Crippen LogP contribution is 2.37. The number of halogens is 1. The molecule has 0 radical (unpaired) electrons. The van der Waals surface area contributed by atoms with Crippen molar-refractivity contribution >= 4 is 40.2 Å². The van der Waals surface area contributed by atoms with E-state index in [0.29, 0.717) is 40.3 Å². The minimum absolute atomic E-state index is 0.0118. The molecule has 3 aromatic rings. The Bertz CT molecular complexity index is 1170. The number of H-pyrrole nitrogens is 1. The lowest BCUT2D eigenvalue weighted by molar-refractivity contribution is -0.117. The Balaban J connectivity index is 1.84. The first-order valence-corrected chi connectivity index (χ1v) is 9.82. The molecule has 8 nitrogen and oxygen atoms in total. The molecule has 2 amide bonds. The summed E-state index contributed by atoms with van der Waals surface area (Å²) in [6.45, 7) is 3.71. The van der Waals surface area contributed by atoms with E-state index in [0.717, 1.165) is 24.5 Å². The number of pyridine rings is 1. The van der Waals surface area contributed by atoms with Crippen LogP contribution in [0, 0.1) is 18.7 Å². The fourth-order valence-electron chi connectivity index (χ4n) is 3.64. The summed E-state index contributed by atoms with van der Waals surface area (Å²) in [5, 5.41) is 2.87. The standard InChI is InChI=1S/C21H23FN6O2/c1-4-11-7-13(18(23)29)8-14(22)17(11)28(3)20-10(2)15-16(25-9-24-15)19(26-20)27-21(30)12-5-6-12/h7-9,12H,4-6H2,1-3H3,(H2,23,29)(H,24,25)(H,26,27,30). The van der Waals surface area contributed by atoms with Crippen LogP contribution in [0.15, 0.2) is 18.5 Å². The Kier molecular flexibility index (Phi) is 4.89. The van der Waals surface area contributed by atoms with Gasteiger partial charge in [-0.2, -0.15) is 0 Å². The molecular formula is C21H23FN6O2. The van der Waals surface area contributed by atoms with Crippen molar-refractivity contribution < 1.29 is 14.0 Å². The van der Waals surface area contributed by atoms with Crippen LogP contribution >= 0.6 is 0 Å². The first-order chi connectivity index (χ1) is 14.3. The van der Waals surface area contributed by atoms with Gasteiger partial charge < -0.3 is 20.9 Å². The summed E-state index contributed by atoms with van der Waals surface area (Å²) in [5.41, 5.74) is 8.37. The van der Waals surface area contributed by atoms with Gasteiger partial charge in [-0.05, 0) is 43.9 Å². The Morgan fingerprint density at radius 2 is 2.10 bits per heavy atom. The normalized spacial score (nSPS) is 13.5. The first-order valence-electron chi connectivity index (χ1n) is 9.82. The van der Waals surface area contributed by atoms with Gasteiger partial charge in [-0.3, -0.25) is 9.59 Å². The molecule has 156 valence electrons. The van der Waals surface area contributed by atoms with E-state index in [9.17, 15) is 9.59 Å². The van der Waals surface area contributed by atoms with E-state index in [4.69, 9.17) is 5.73 Å². The van der Waals surface area contributed by atoms with Crippen LogP contribution < -0.4 is 16.0 Å². The minimum Gasteiger partial charge on any atom is -0.366 e. The quantitative estimate of drug-likeness (QED) is 0.577. The second-order valence-electron chi connectivity index (χ2n) is 7.54. The number of imidazole rings is 1. The van der Waals surface area contributed by atoms with E-state index in [1.54, 1.807) is 18.0 Å². The molecule has 30 heavy (non-hydrogen) atoms. The smallest absolute Gasteiger partial charge is 0.248 e. The second kappa shape index (κ2) is 7.40. The van der Waals surface area contributed by atoms with Crippen LogP contribution in [0.3, 0.4) is 0 Å². The zero-order valence-corrected chi connectivity index (χ0v) is 17.0. The SMILES string of the molecule is CCc1cc(C(N)=O)cc(F)c1N(C)c1nc(NC(=O)C2CC2)c2[nH]cnc2c1C. The topological polar surface area (TPSA) is 117 Å². The Morgan fingerprint density at radius 1 is 1.37 bits per heavy atom. The molecule has 4 rings (SSSR count). The lowest BCUT2D eigenvalue weighted by Gasteiger charge is -2.25. The molecule has 0 bridgehead atoms. The number of carbonyl (C=O) groups is 2. The van der Waals surface area contributed by atoms with Crippen molar-refractivity contribution in [3.05, 3.63) is 41.0 Å². The average molecular weight is 410 g/mol. The van der Waals surface area contributed by atoms with Gasteiger partial charge in [-0.25, -0.2) is 14.4 Å². The maximum absolute atomic E-state index is 15.0. The van der Waals surface area contributed by atoms with Crippen molar-refractivity contribution in [2.45, 2.75) is 33.1 Å². The van der Waals surface area contributed by atoms with Gasteiger partial charge in [0.15, 0.2) is 5.82 Å². The molecule has 0 aliphatic heterocycles. The predicted molar refractivity (Wildman–Crippen MR) is 112 cm³/mol. The van der Waals surface area contributed by atoms with Gasteiger partial charge >= 0.3 is 0 Å². The van der Waals surface area contributed by atoms with Crippen molar-refractivity contribution in [1.82, 2.24) is 15.0 Å². The van der Waals surface area contributed by atoms with Crippen molar-refractivity contribution in [2.24, 2.45) is 11.7 Å². The second-order valence-corrected chi connectivity index (χ2v) is 7.54. The van der Waals surface area contributed by atoms with Crippen molar-refractivity contribution in [2.75, 3.05) is 17.3 Å². The van der Waals surface area contributed by atoms with Crippen molar-refractivity contribution in [1.29, 1.82) is 0 Å². The molecule has 0 unspecified atom stereocenters. The van der Waals surface area contributed by atoms with Crippen LogP contribution in [0.4, 0.5) is 21.7 Å². The number of hydrogen-bond acceptors (Lipinski definition) is 5. The van der Waals surface area contributed by atoms with E-state index in [1.165, 1.54) is 6.33 Å². The van der Waals surface area contributed by atoms with Crippen molar-refractivity contribution in [3.8, 4) is 0 Å². The number of aromatic nitrogens is 3. The third-order valence-electron chi connectivity index (χ3n) is 5.44. The molecule has 9 heteroatoms. The lowest BCUT2D eigenvalue weighted by atomic mass is 10.0. The molecule has 1 aliphatic carbocycles. The van der Waals surface area contributed by atoms with Crippen molar-refractivity contribution in [3.63, 3.8) is 0 Å². The van der Waals surface area contributed by atoms with Gasteiger partial charge in [0.05, 0.1) is 17.5 Å². The monoisotopic (exact) mass is 410 g/mol. The molecule has 1 saturated carbocycles. The highest BCUT2D eigenvalue weighted by molar-refractivity contribution is 6.01. The van der Waals surface area contributed by atoms with Gasteiger partial charge in [0.2, 0.25) is 11.8 Å². The number of benzene rings is 1. The largest absolute Gasteiger partial charge is 0.366 e. The fraction of sp³-hybridized carbons (Fsp3) is 0.333. The molecule has 2 aromatic heterocycles. The number of aryl methyl sites for hydroxylation is 2. The Morgan fingerprint density at radius 3 is 2.73 bits per heavy atom. The number of primary amides is 1. The zero-order chi connectivity index (χ0) is 21.6. The van der Waals surface area contributed by atoms with E-state index < -0.39 is 11.7 Å². The number of fused-ring (bicyclic) bond motifs is 1. The first kappa shape index (κ1) is 19.8. The van der Waals surface area contributed by atoms with Gasteiger partial charge in [0.1, 0.15) is 17.2 Å². The third kappa shape index (κ3) is 3.36. The van der Waals surface area contributed by atoms with Gasteiger partial charge in [0, 0.05) is 24.1 Å². The highest BCUT2D eigenvalue weighted by atomic mass is 19.1. The predicted octanol–water partition coefficient (Wildman–Crippen LogP) is 3.18. The molecule has 0 saturated heterocycles. The molecule has 4 N–H and O–H groups in total. The summed E-state index contributed by atoms with van der Waals surface area (Å²) < 4.78 is 15.0. The number of amides is 2. The number of nitrogens with two attached hydrogens (primary N) is 1. The lowest BCUT2D eigenvalue weighted by Crippen LogP contribution is -2.20. The minimum atomic E-state index is -0.685. The molecule has 1 aromatic carbocycles. The summed E-state index contributed by atoms with van der Waals surface area (Å²) in [5.74, 6) is -0.507. The fourth-order valence-corrected chi connectivity index (χ4v) is 3.64. The highest BCUT2D eigenvalue weighted by Gasteiger charge is 2.31. The molecule has 0 atom stereocenters. The number of anilines is 3. The van der Waals surface area contributed by atoms with E-state index in [2.05, 4.69) is 20.3 Å². The molecule has 1 fully saturated rings. The number of nitrogens with one attached hydrogen (secondary N) is 2.